The lowest BCUT2D eigenvalue weighted by Crippen LogP contribution is -2.08. The predicted molar refractivity (Wildman–Crippen MR) is 89.5 cm³/mol. The molecule has 2 heteroatoms. The molecule has 1 fully saturated rings. The highest BCUT2D eigenvalue weighted by molar-refractivity contribution is 6.03. The normalized spacial score (nSPS) is 20.5. The summed E-state index contributed by atoms with van der Waals surface area (Å²) >= 11 is 0. The number of rotatable bonds is 7. The number of benzene rings is 1. The van der Waals surface area contributed by atoms with Crippen LogP contribution >= 0.6 is 0 Å². The van der Waals surface area contributed by atoms with Crippen LogP contribution in [0.15, 0.2) is 29.8 Å². The van der Waals surface area contributed by atoms with Gasteiger partial charge in [-0.2, -0.15) is 0 Å². The van der Waals surface area contributed by atoms with Gasteiger partial charge in [-0.15, -0.1) is 0 Å². The third-order valence-electron chi connectivity index (χ3n) is 5.14. The van der Waals surface area contributed by atoms with Crippen LogP contribution in [0.1, 0.15) is 81.1 Å². The van der Waals surface area contributed by atoms with Crippen LogP contribution in [0.5, 0.6) is 0 Å². The zero-order valence-corrected chi connectivity index (χ0v) is 13.8. The molecular formula is C20H26O2. The van der Waals surface area contributed by atoms with Crippen LogP contribution in [0.25, 0.3) is 5.76 Å². The molecule has 0 radical (unpaired) electrons. The van der Waals surface area contributed by atoms with Crippen LogP contribution in [-0.4, -0.2) is 5.97 Å². The highest BCUT2D eigenvalue weighted by Gasteiger charge is 2.47. The second kappa shape index (κ2) is 6.28. The minimum atomic E-state index is -0.175. The lowest BCUT2D eigenvalue weighted by Gasteiger charge is -2.21. The van der Waals surface area contributed by atoms with Crippen molar-refractivity contribution in [2.45, 2.75) is 65.2 Å². The fourth-order valence-corrected chi connectivity index (χ4v) is 3.63. The molecule has 3 rings (SSSR count). The van der Waals surface area contributed by atoms with Crippen molar-refractivity contribution < 1.29 is 9.53 Å². The molecule has 0 aromatic heterocycles. The molecular weight excluding hydrogens is 272 g/mol. The van der Waals surface area contributed by atoms with Gasteiger partial charge in [0.05, 0.1) is 5.56 Å². The molecule has 0 amide bonds. The number of hydrogen-bond acceptors (Lipinski definition) is 2. The van der Waals surface area contributed by atoms with Crippen molar-refractivity contribution in [1.29, 1.82) is 0 Å². The van der Waals surface area contributed by atoms with Crippen molar-refractivity contribution >= 4 is 11.7 Å². The van der Waals surface area contributed by atoms with Crippen LogP contribution < -0.4 is 0 Å². The lowest BCUT2D eigenvalue weighted by molar-refractivity contribution is 0.0712. The van der Waals surface area contributed by atoms with E-state index in [1.807, 2.05) is 24.3 Å². The van der Waals surface area contributed by atoms with Crippen molar-refractivity contribution in [2.75, 3.05) is 0 Å². The highest BCUT2D eigenvalue weighted by Crippen LogP contribution is 2.59. The van der Waals surface area contributed by atoms with E-state index < -0.39 is 0 Å². The molecule has 1 aliphatic carbocycles. The summed E-state index contributed by atoms with van der Waals surface area (Å²) < 4.78 is 5.74. The number of carbonyl (C=O) groups excluding carboxylic acids is 1. The van der Waals surface area contributed by atoms with Gasteiger partial charge in [0.2, 0.25) is 0 Å². The van der Waals surface area contributed by atoms with Crippen molar-refractivity contribution in [1.82, 2.24) is 0 Å². The number of unbranched alkanes of at least 4 members (excludes halogenated alkanes) is 2. The summed E-state index contributed by atoms with van der Waals surface area (Å²) in [7, 11) is 0. The van der Waals surface area contributed by atoms with E-state index in [1.54, 1.807) is 0 Å². The standard InChI is InChI=1S/C20H26O2/c1-3-5-11-17(20(13-14-20)12-6-4-2)18-15-9-7-8-10-16(15)19(21)22-18/h7-10H,3-6,11-14H2,1-2H3/b18-17+. The van der Waals surface area contributed by atoms with Gasteiger partial charge in [0.25, 0.3) is 0 Å². The SMILES string of the molecule is CCCC/C(=C1\OC(=O)c2ccccc21)C1(CCCC)CC1. The van der Waals surface area contributed by atoms with E-state index in [0.717, 1.165) is 23.3 Å². The summed E-state index contributed by atoms with van der Waals surface area (Å²) in [6.07, 6.45) is 9.67. The Morgan fingerprint density at radius 1 is 1.09 bits per heavy atom. The van der Waals surface area contributed by atoms with E-state index >= 15 is 0 Å². The van der Waals surface area contributed by atoms with Crippen LogP contribution in [-0.2, 0) is 4.74 Å². The molecule has 1 aromatic carbocycles. The van der Waals surface area contributed by atoms with E-state index in [1.165, 1.54) is 50.5 Å². The second-order valence-corrected chi connectivity index (χ2v) is 6.73. The molecule has 118 valence electrons. The second-order valence-electron chi connectivity index (χ2n) is 6.73. The number of allylic oxidation sites excluding steroid dienone is 1. The van der Waals surface area contributed by atoms with E-state index in [9.17, 15) is 4.79 Å². The summed E-state index contributed by atoms with van der Waals surface area (Å²) in [6.45, 7) is 4.47. The fraction of sp³-hybridized carbons (Fsp3) is 0.550. The number of fused-ring (bicyclic) bond motifs is 1. The first-order valence-electron chi connectivity index (χ1n) is 8.77. The number of hydrogen-bond donors (Lipinski definition) is 0. The molecule has 1 saturated carbocycles. The van der Waals surface area contributed by atoms with Gasteiger partial charge in [-0.3, -0.25) is 0 Å². The molecule has 22 heavy (non-hydrogen) atoms. The monoisotopic (exact) mass is 298 g/mol. The summed E-state index contributed by atoms with van der Waals surface area (Å²) in [5.74, 6) is 0.716. The van der Waals surface area contributed by atoms with Gasteiger partial charge in [-0.25, -0.2) is 4.79 Å². The summed E-state index contributed by atoms with van der Waals surface area (Å²) in [5.41, 5.74) is 3.48. The van der Waals surface area contributed by atoms with Crippen molar-refractivity contribution in [3.63, 3.8) is 0 Å². The Labute approximate surface area is 133 Å². The Bertz CT molecular complexity index is 593. The van der Waals surface area contributed by atoms with Gasteiger partial charge in [-0.05, 0) is 49.2 Å². The smallest absolute Gasteiger partial charge is 0.344 e. The van der Waals surface area contributed by atoms with Gasteiger partial charge < -0.3 is 4.74 Å². The maximum atomic E-state index is 12.2. The van der Waals surface area contributed by atoms with E-state index in [4.69, 9.17) is 4.74 Å². The van der Waals surface area contributed by atoms with E-state index in [0.29, 0.717) is 5.41 Å². The first-order valence-corrected chi connectivity index (χ1v) is 8.77. The topological polar surface area (TPSA) is 26.3 Å². The largest absolute Gasteiger partial charge is 0.422 e. The third-order valence-corrected chi connectivity index (χ3v) is 5.14. The molecule has 0 N–H and O–H groups in total. The minimum absolute atomic E-state index is 0.175. The zero-order valence-electron chi connectivity index (χ0n) is 13.8. The molecule has 2 aliphatic rings. The maximum Gasteiger partial charge on any atom is 0.344 e. The van der Waals surface area contributed by atoms with Crippen molar-refractivity contribution in [3.8, 4) is 0 Å². The predicted octanol–water partition coefficient (Wildman–Crippen LogP) is 5.73. The molecule has 2 nitrogen and oxygen atoms in total. The minimum Gasteiger partial charge on any atom is -0.422 e. The van der Waals surface area contributed by atoms with E-state index in [2.05, 4.69) is 13.8 Å². The molecule has 1 heterocycles. The molecule has 0 spiro atoms. The van der Waals surface area contributed by atoms with Crippen molar-refractivity contribution in [2.24, 2.45) is 5.41 Å². The Morgan fingerprint density at radius 3 is 2.41 bits per heavy atom. The van der Waals surface area contributed by atoms with Crippen LogP contribution in [0.3, 0.4) is 0 Å². The van der Waals surface area contributed by atoms with E-state index in [-0.39, 0.29) is 5.97 Å². The Morgan fingerprint density at radius 2 is 1.77 bits per heavy atom. The highest BCUT2D eigenvalue weighted by atomic mass is 16.5. The van der Waals surface area contributed by atoms with Crippen molar-refractivity contribution in [3.05, 3.63) is 41.0 Å². The van der Waals surface area contributed by atoms with Crippen LogP contribution in [0.2, 0.25) is 0 Å². The van der Waals surface area contributed by atoms with Gasteiger partial charge in [-0.1, -0.05) is 51.3 Å². The molecule has 0 saturated heterocycles. The Balaban J connectivity index is 2.01. The number of cyclic esters (lactones) is 1. The quantitative estimate of drug-likeness (QED) is 0.601. The Kier molecular flexibility index (Phi) is 4.37. The summed E-state index contributed by atoms with van der Waals surface area (Å²) in [5, 5.41) is 0. The number of esters is 1. The third kappa shape index (κ3) is 2.71. The number of ether oxygens (including phenoxy) is 1. The molecule has 0 bridgehead atoms. The average Bonchev–Trinajstić information content (AvgIpc) is 3.25. The van der Waals surface area contributed by atoms with Crippen LogP contribution in [0.4, 0.5) is 0 Å². The summed E-state index contributed by atoms with van der Waals surface area (Å²) in [6, 6.07) is 7.84. The number of carbonyl (C=O) groups is 1. The summed E-state index contributed by atoms with van der Waals surface area (Å²) in [4.78, 5) is 12.2. The van der Waals surface area contributed by atoms with Gasteiger partial charge in [0, 0.05) is 5.56 Å². The van der Waals surface area contributed by atoms with Gasteiger partial charge in [0.1, 0.15) is 5.76 Å². The molecule has 1 aromatic rings. The average molecular weight is 298 g/mol. The molecule has 1 aliphatic heterocycles. The Hall–Kier alpha value is -1.57. The van der Waals surface area contributed by atoms with Crippen LogP contribution in [0, 0.1) is 5.41 Å². The first kappa shape index (κ1) is 15.3. The van der Waals surface area contributed by atoms with Gasteiger partial charge in [0.15, 0.2) is 0 Å². The zero-order chi connectivity index (χ0) is 15.6. The first-order chi connectivity index (χ1) is 10.7. The fourth-order valence-electron chi connectivity index (χ4n) is 3.63. The molecule has 0 unspecified atom stereocenters. The maximum absolute atomic E-state index is 12.2. The lowest BCUT2D eigenvalue weighted by atomic mass is 9.84. The van der Waals surface area contributed by atoms with Gasteiger partial charge >= 0.3 is 5.97 Å². The molecule has 0 atom stereocenters.